The maximum atomic E-state index is 5.42. The molecule has 4 rings (SSSR count). The van der Waals surface area contributed by atoms with E-state index in [0.29, 0.717) is 6.54 Å². The molecule has 0 atom stereocenters. The Balaban J connectivity index is 1.47. The van der Waals surface area contributed by atoms with Gasteiger partial charge in [-0.15, -0.1) is 0 Å². The fourth-order valence-corrected chi connectivity index (χ4v) is 2.82. The van der Waals surface area contributed by atoms with Gasteiger partial charge in [-0.1, -0.05) is 15.9 Å². The van der Waals surface area contributed by atoms with Crippen molar-refractivity contribution in [2.45, 2.75) is 6.54 Å². The molecule has 0 aliphatic carbocycles. The van der Waals surface area contributed by atoms with E-state index in [-0.39, 0.29) is 6.79 Å². The SMILES string of the molecule is Brc1cc2c(cc1CNc1ccc(-n3nccn3)cc1)OCO2. The van der Waals surface area contributed by atoms with Crippen LogP contribution in [0.2, 0.25) is 0 Å². The molecule has 23 heavy (non-hydrogen) atoms. The molecular formula is C16H13BrN4O2. The summed E-state index contributed by atoms with van der Waals surface area (Å²) < 4.78 is 11.8. The van der Waals surface area contributed by atoms with Gasteiger partial charge in [-0.3, -0.25) is 0 Å². The third kappa shape index (κ3) is 2.87. The number of ether oxygens (including phenoxy) is 2. The van der Waals surface area contributed by atoms with Crippen molar-refractivity contribution in [2.75, 3.05) is 12.1 Å². The van der Waals surface area contributed by atoms with E-state index in [1.54, 1.807) is 17.2 Å². The van der Waals surface area contributed by atoms with Crippen molar-refractivity contribution in [2.24, 2.45) is 0 Å². The van der Waals surface area contributed by atoms with E-state index in [4.69, 9.17) is 9.47 Å². The van der Waals surface area contributed by atoms with Gasteiger partial charge >= 0.3 is 0 Å². The van der Waals surface area contributed by atoms with Gasteiger partial charge in [0.25, 0.3) is 0 Å². The summed E-state index contributed by atoms with van der Waals surface area (Å²) in [5.41, 5.74) is 3.04. The first-order chi connectivity index (χ1) is 11.3. The average Bonchev–Trinajstić information content (AvgIpc) is 3.24. The summed E-state index contributed by atoms with van der Waals surface area (Å²) in [6, 6.07) is 11.9. The minimum Gasteiger partial charge on any atom is -0.454 e. The maximum Gasteiger partial charge on any atom is 0.231 e. The fraction of sp³-hybridized carbons (Fsp3) is 0.125. The lowest BCUT2D eigenvalue weighted by Gasteiger charge is -2.10. The molecule has 2 heterocycles. The smallest absolute Gasteiger partial charge is 0.231 e. The molecule has 0 amide bonds. The second kappa shape index (κ2) is 5.92. The Hall–Kier alpha value is -2.54. The molecule has 7 heteroatoms. The highest BCUT2D eigenvalue weighted by Crippen LogP contribution is 2.37. The third-order valence-corrected chi connectivity index (χ3v) is 4.28. The lowest BCUT2D eigenvalue weighted by atomic mass is 10.2. The quantitative estimate of drug-likeness (QED) is 0.760. The minimum absolute atomic E-state index is 0.279. The van der Waals surface area contributed by atoms with Crippen LogP contribution < -0.4 is 14.8 Å². The number of benzene rings is 2. The van der Waals surface area contributed by atoms with Gasteiger partial charge in [0.05, 0.1) is 18.1 Å². The minimum atomic E-state index is 0.279. The normalized spacial score (nSPS) is 12.4. The van der Waals surface area contributed by atoms with E-state index in [1.165, 1.54) is 0 Å². The van der Waals surface area contributed by atoms with Gasteiger partial charge in [-0.05, 0) is 42.0 Å². The Bertz CT molecular complexity index is 819. The largest absolute Gasteiger partial charge is 0.454 e. The van der Waals surface area contributed by atoms with Crippen molar-refractivity contribution in [1.29, 1.82) is 0 Å². The molecule has 0 unspecified atom stereocenters. The monoisotopic (exact) mass is 372 g/mol. The number of rotatable bonds is 4. The van der Waals surface area contributed by atoms with Gasteiger partial charge < -0.3 is 14.8 Å². The van der Waals surface area contributed by atoms with Crippen molar-refractivity contribution < 1.29 is 9.47 Å². The highest BCUT2D eigenvalue weighted by Gasteiger charge is 2.16. The number of nitrogens with zero attached hydrogens (tertiary/aromatic N) is 3. The van der Waals surface area contributed by atoms with Crippen molar-refractivity contribution in [3.63, 3.8) is 0 Å². The van der Waals surface area contributed by atoms with Crippen LogP contribution in [0.5, 0.6) is 11.5 Å². The van der Waals surface area contributed by atoms with Crippen LogP contribution in [0.1, 0.15) is 5.56 Å². The van der Waals surface area contributed by atoms with Crippen LogP contribution in [0.25, 0.3) is 5.69 Å². The molecule has 0 saturated heterocycles. The Labute approximate surface area is 141 Å². The van der Waals surface area contributed by atoms with Crippen LogP contribution >= 0.6 is 15.9 Å². The third-order valence-electron chi connectivity index (χ3n) is 3.54. The molecule has 3 aromatic rings. The van der Waals surface area contributed by atoms with Crippen LogP contribution in [0.15, 0.2) is 53.3 Å². The number of halogens is 1. The highest BCUT2D eigenvalue weighted by atomic mass is 79.9. The van der Waals surface area contributed by atoms with Crippen LogP contribution in [0.4, 0.5) is 5.69 Å². The van der Waals surface area contributed by atoms with Crippen LogP contribution in [0, 0.1) is 0 Å². The number of fused-ring (bicyclic) bond motifs is 1. The van der Waals surface area contributed by atoms with Gasteiger partial charge in [0.15, 0.2) is 11.5 Å². The molecule has 1 aromatic heterocycles. The van der Waals surface area contributed by atoms with E-state index in [9.17, 15) is 0 Å². The lowest BCUT2D eigenvalue weighted by molar-refractivity contribution is 0.174. The Morgan fingerprint density at radius 1 is 1.04 bits per heavy atom. The van der Waals surface area contributed by atoms with E-state index < -0.39 is 0 Å². The number of aromatic nitrogens is 3. The summed E-state index contributed by atoms with van der Waals surface area (Å²) in [6.45, 7) is 0.957. The van der Waals surface area contributed by atoms with Crippen molar-refractivity contribution in [1.82, 2.24) is 15.0 Å². The number of anilines is 1. The van der Waals surface area contributed by atoms with Crippen molar-refractivity contribution in [3.05, 3.63) is 58.8 Å². The van der Waals surface area contributed by atoms with Crippen LogP contribution in [0.3, 0.4) is 0 Å². The van der Waals surface area contributed by atoms with E-state index >= 15 is 0 Å². The van der Waals surface area contributed by atoms with Gasteiger partial charge in [0.2, 0.25) is 6.79 Å². The molecule has 0 radical (unpaired) electrons. The predicted octanol–water partition coefficient (Wildman–Crippen LogP) is 3.37. The topological polar surface area (TPSA) is 61.2 Å². The molecule has 0 saturated carbocycles. The summed E-state index contributed by atoms with van der Waals surface area (Å²) in [5.74, 6) is 1.56. The van der Waals surface area contributed by atoms with Crippen molar-refractivity contribution in [3.8, 4) is 17.2 Å². The first-order valence-corrected chi connectivity index (χ1v) is 7.87. The van der Waals surface area contributed by atoms with Gasteiger partial charge in [-0.2, -0.15) is 15.0 Å². The molecule has 6 nitrogen and oxygen atoms in total. The van der Waals surface area contributed by atoms with Gasteiger partial charge in [0, 0.05) is 16.7 Å². The molecule has 0 spiro atoms. The lowest BCUT2D eigenvalue weighted by Crippen LogP contribution is -2.02. The molecule has 1 N–H and O–H groups in total. The van der Waals surface area contributed by atoms with Crippen LogP contribution in [-0.4, -0.2) is 21.8 Å². The van der Waals surface area contributed by atoms with E-state index in [2.05, 4.69) is 31.4 Å². The Morgan fingerprint density at radius 3 is 2.48 bits per heavy atom. The fourth-order valence-electron chi connectivity index (χ4n) is 2.35. The Morgan fingerprint density at radius 2 is 1.74 bits per heavy atom. The molecule has 1 aliphatic rings. The zero-order chi connectivity index (χ0) is 15.6. The summed E-state index contributed by atoms with van der Waals surface area (Å²) in [6.07, 6.45) is 3.31. The van der Waals surface area contributed by atoms with Crippen LogP contribution in [-0.2, 0) is 6.54 Å². The summed E-state index contributed by atoms with van der Waals surface area (Å²) in [5, 5.41) is 11.6. The van der Waals surface area contributed by atoms with Gasteiger partial charge in [-0.25, -0.2) is 0 Å². The maximum absolute atomic E-state index is 5.42. The average molecular weight is 373 g/mol. The van der Waals surface area contributed by atoms with E-state index in [1.807, 2.05) is 36.4 Å². The molecule has 2 aromatic carbocycles. The first kappa shape index (κ1) is 14.1. The van der Waals surface area contributed by atoms with Crippen molar-refractivity contribution >= 4 is 21.6 Å². The second-order valence-electron chi connectivity index (χ2n) is 5.02. The molecule has 116 valence electrons. The van der Waals surface area contributed by atoms with Gasteiger partial charge in [0.1, 0.15) is 0 Å². The zero-order valence-electron chi connectivity index (χ0n) is 12.1. The van der Waals surface area contributed by atoms with E-state index in [0.717, 1.165) is 32.9 Å². The predicted molar refractivity (Wildman–Crippen MR) is 89.0 cm³/mol. The molecule has 0 bridgehead atoms. The first-order valence-electron chi connectivity index (χ1n) is 7.08. The highest BCUT2D eigenvalue weighted by molar-refractivity contribution is 9.10. The summed E-state index contributed by atoms with van der Waals surface area (Å²) >= 11 is 3.57. The molecular weight excluding hydrogens is 360 g/mol. The summed E-state index contributed by atoms with van der Waals surface area (Å²) in [7, 11) is 0. The standard InChI is InChI=1S/C16H13BrN4O2/c17-14-8-16-15(22-10-23-16)7-11(14)9-18-12-1-3-13(4-2-12)21-19-5-6-20-21/h1-8,18H,9-10H2. The number of nitrogens with one attached hydrogen (secondary N) is 1. The summed E-state index contributed by atoms with van der Waals surface area (Å²) in [4.78, 5) is 1.58. The number of hydrogen-bond acceptors (Lipinski definition) is 5. The molecule has 0 fully saturated rings. The molecule has 1 aliphatic heterocycles. The number of hydrogen-bond donors (Lipinski definition) is 1. The zero-order valence-corrected chi connectivity index (χ0v) is 13.7. The Kier molecular flexibility index (Phi) is 3.63. The second-order valence-corrected chi connectivity index (χ2v) is 5.87.